The van der Waals surface area contributed by atoms with E-state index in [0.29, 0.717) is 15.0 Å². The molecule has 2 amide bonds. The van der Waals surface area contributed by atoms with E-state index < -0.39 is 30.2 Å². The molecule has 0 saturated carbocycles. The lowest BCUT2D eigenvalue weighted by Gasteiger charge is -2.04. The van der Waals surface area contributed by atoms with Gasteiger partial charge in [0.2, 0.25) is 0 Å². The van der Waals surface area contributed by atoms with E-state index in [1.807, 2.05) is 0 Å². The third-order valence-corrected chi connectivity index (χ3v) is 5.62. The molecule has 0 fully saturated rings. The Morgan fingerprint density at radius 3 is 2.76 bits per heavy atom. The summed E-state index contributed by atoms with van der Waals surface area (Å²) in [5, 5.41) is 4.48. The van der Waals surface area contributed by atoms with Crippen LogP contribution in [-0.4, -0.2) is 24.4 Å². The Bertz CT molecular complexity index is 968. The van der Waals surface area contributed by atoms with Gasteiger partial charge in [0.1, 0.15) is 10.7 Å². The van der Waals surface area contributed by atoms with Gasteiger partial charge in [0.05, 0.1) is 9.90 Å². The first-order valence-electron chi connectivity index (χ1n) is 6.88. The number of carbonyl (C=O) groups is 3. The SMILES string of the molecule is O=C(COC(=O)c1sc2cc(F)ccc2c1Cl)NC(=O)c1cccs1. The van der Waals surface area contributed by atoms with E-state index in [0.717, 1.165) is 11.3 Å². The topological polar surface area (TPSA) is 72.5 Å². The van der Waals surface area contributed by atoms with Crippen LogP contribution in [0.2, 0.25) is 5.02 Å². The maximum Gasteiger partial charge on any atom is 0.350 e. The molecule has 3 rings (SSSR count). The van der Waals surface area contributed by atoms with E-state index in [-0.39, 0.29) is 9.90 Å². The van der Waals surface area contributed by atoms with Crippen LogP contribution in [0.3, 0.4) is 0 Å². The molecule has 0 unspecified atom stereocenters. The zero-order valence-corrected chi connectivity index (χ0v) is 14.8. The summed E-state index contributed by atoms with van der Waals surface area (Å²) in [5.41, 5.74) is 0. The Labute approximate surface area is 154 Å². The van der Waals surface area contributed by atoms with Crippen molar-refractivity contribution in [1.29, 1.82) is 0 Å². The molecule has 9 heteroatoms. The van der Waals surface area contributed by atoms with Gasteiger partial charge in [-0.05, 0) is 29.6 Å². The summed E-state index contributed by atoms with van der Waals surface area (Å²) in [6, 6.07) is 7.20. The predicted octanol–water partition coefficient (Wildman–Crippen LogP) is 3.87. The first-order chi connectivity index (χ1) is 12.0. The van der Waals surface area contributed by atoms with Crippen LogP contribution >= 0.6 is 34.3 Å². The van der Waals surface area contributed by atoms with E-state index in [1.54, 1.807) is 17.5 Å². The van der Waals surface area contributed by atoms with Gasteiger partial charge in [0.15, 0.2) is 6.61 Å². The Hall–Kier alpha value is -2.29. The van der Waals surface area contributed by atoms with E-state index in [2.05, 4.69) is 5.32 Å². The molecular formula is C16H9ClFNO4S2. The highest BCUT2D eigenvalue weighted by molar-refractivity contribution is 7.21. The first kappa shape index (κ1) is 17.5. The fourth-order valence-corrected chi connectivity index (χ4v) is 4.04. The van der Waals surface area contributed by atoms with Crippen LogP contribution in [0, 0.1) is 5.82 Å². The van der Waals surface area contributed by atoms with Gasteiger partial charge in [0.25, 0.3) is 11.8 Å². The highest BCUT2D eigenvalue weighted by Crippen LogP contribution is 2.36. The number of fused-ring (bicyclic) bond motifs is 1. The fraction of sp³-hybridized carbons (Fsp3) is 0.0625. The Balaban J connectivity index is 1.63. The molecule has 5 nitrogen and oxygen atoms in total. The molecule has 0 spiro atoms. The molecule has 0 radical (unpaired) electrons. The number of imide groups is 1. The molecular weight excluding hydrogens is 389 g/mol. The number of hydrogen-bond donors (Lipinski definition) is 1. The van der Waals surface area contributed by atoms with Crippen molar-refractivity contribution in [2.75, 3.05) is 6.61 Å². The summed E-state index contributed by atoms with van der Waals surface area (Å²) in [6.45, 7) is -0.630. The van der Waals surface area contributed by atoms with Crippen LogP contribution < -0.4 is 5.32 Å². The lowest BCUT2D eigenvalue weighted by molar-refractivity contribution is -0.123. The zero-order chi connectivity index (χ0) is 18.0. The molecule has 0 atom stereocenters. The molecule has 0 aliphatic carbocycles. The number of benzene rings is 1. The zero-order valence-electron chi connectivity index (χ0n) is 12.4. The second-order valence-electron chi connectivity index (χ2n) is 4.82. The summed E-state index contributed by atoms with van der Waals surface area (Å²) in [5.74, 6) is -2.58. The van der Waals surface area contributed by atoms with Crippen LogP contribution in [0.15, 0.2) is 35.7 Å². The second kappa shape index (κ2) is 7.30. The predicted molar refractivity (Wildman–Crippen MR) is 93.9 cm³/mol. The van der Waals surface area contributed by atoms with Crippen LogP contribution in [0.5, 0.6) is 0 Å². The monoisotopic (exact) mass is 397 g/mol. The quantitative estimate of drug-likeness (QED) is 0.678. The van der Waals surface area contributed by atoms with Gasteiger partial charge in [-0.15, -0.1) is 22.7 Å². The molecule has 2 aromatic heterocycles. The maximum absolute atomic E-state index is 13.2. The van der Waals surface area contributed by atoms with Crippen molar-refractivity contribution >= 4 is 62.1 Å². The number of ether oxygens (including phenoxy) is 1. The molecule has 2 heterocycles. The maximum atomic E-state index is 13.2. The number of thiophene rings is 2. The largest absolute Gasteiger partial charge is 0.451 e. The van der Waals surface area contributed by atoms with E-state index in [9.17, 15) is 18.8 Å². The smallest absolute Gasteiger partial charge is 0.350 e. The second-order valence-corrected chi connectivity index (χ2v) is 7.19. The molecule has 0 aliphatic heterocycles. The van der Waals surface area contributed by atoms with Crippen LogP contribution in [-0.2, 0) is 9.53 Å². The number of rotatable bonds is 4. The third kappa shape index (κ3) is 3.87. The van der Waals surface area contributed by atoms with Gasteiger partial charge in [-0.25, -0.2) is 9.18 Å². The van der Waals surface area contributed by atoms with E-state index in [1.165, 1.54) is 29.5 Å². The van der Waals surface area contributed by atoms with E-state index >= 15 is 0 Å². The summed E-state index contributed by atoms with van der Waals surface area (Å²) >= 11 is 8.25. The Morgan fingerprint density at radius 1 is 1.24 bits per heavy atom. The van der Waals surface area contributed by atoms with Gasteiger partial charge in [0, 0.05) is 10.1 Å². The van der Waals surface area contributed by atoms with Crippen LogP contribution in [0.4, 0.5) is 4.39 Å². The number of esters is 1. The van der Waals surface area contributed by atoms with Crippen molar-refractivity contribution in [2.45, 2.75) is 0 Å². The van der Waals surface area contributed by atoms with Gasteiger partial charge in [-0.3, -0.25) is 14.9 Å². The number of halogens is 2. The molecule has 25 heavy (non-hydrogen) atoms. The van der Waals surface area contributed by atoms with Crippen molar-refractivity contribution in [3.63, 3.8) is 0 Å². The lowest BCUT2D eigenvalue weighted by Crippen LogP contribution is -2.33. The summed E-state index contributed by atoms with van der Waals surface area (Å²) in [6.07, 6.45) is 0. The van der Waals surface area contributed by atoms with Crippen molar-refractivity contribution in [1.82, 2.24) is 5.32 Å². The minimum absolute atomic E-state index is 0.0691. The average molecular weight is 398 g/mol. The summed E-state index contributed by atoms with van der Waals surface area (Å²) in [7, 11) is 0. The van der Waals surface area contributed by atoms with E-state index in [4.69, 9.17) is 16.3 Å². The van der Waals surface area contributed by atoms with Crippen molar-refractivity contribution < 1.29 is 23.5 Å². The Morgan fingerprint density at radius 2 is 2.04 bits per heavy atom. The minimum Gasteiger partial charge on any atom is -0.451 e. The molecule has 128 valence electrons. The highest BCUT2D eigenvalue weighted by atomic mass is 35.5. The van der Waals surface area contributed by atoms with Crippen molar-refractivity contribution in [3.05, 3.63) is 56.3 Å². The van der Waals surface area contributed by atoms with Crippen molar-refractivity contribution in [2.24, 2.45) is 0 Å². The number of amides is 2. The fourth-order valence-electron chi connectivity index (χ4n) is 2.00. The Kier molecular flexibility index (Phi) is 5.12. The molecule has 1 N–H and O–H groups in total. The van der Waals surface area contributed by atoms with Crippen molar-refractivity contribution in [3.8, 4) is 0 Å². The number of nitrogens with one attached hydrogen (secondary N) is 1. The highest BCUT2D eigenvalue weighted by Gasteiger charge is 2.20. The molecule has 1 aromatic carbocycles. The summed E-state index contributed by atoms with van der Waals surface area (Å²) in [4.78, 5) is 35.9. The van der Waals surface area contributed by atoms with Gasteiger partial charge in [-0.1, -0.05) is 17.7 Å². The molecule has 0 bridgehead atoms. The first-order valence-corrected chi connectivity index (χ1v) is 8.95. The standard InChI is InChI=1S/C16H9ClFNO4S2/c17-13-9-4-3-8(18)6-11(9)25-14(13)16(22)23-7-12(20)19-15(21)10-2-1-5-24-10/h1-6H,7H2,(H,19,20,21). The average Bonchev–Trinajstić information content (AvgIpc) is 3.21. The number of hydrogen-bond acceptors (Lipinski definition) is 6. The lowest BCUT2D eigenvalue weighted by atomic mass is 10.2. The number of carbonyl (C=O) groups excluding carboxylic acids is 3. The van der Waals surface area contributed by atoms with Gasteiger partial charge in [-0.2, -0.15) is 0 Å². The van der Waals surface area contributed by atoms with Crippen LogP contribution in [0.25, 0.3) is 10.1 Å². The normalized spacial score (nSPS) is 10.6. The minimum atomic E-state index is -0.815. The third-order valence-electron chi connectivity index (χ3n) is 3.11. The summed E-state index contributed by atoms with van der Waals surface area (Å²) < 4.78 is 18.6. The van der Waals surface area contributed by atoms with Gasteiger partial charge >= 0.3 is 5.97 Å². The van der Waals surface area contributed by atoms with Gasteiger partial charge < -0.3 is 4.74 Å². The van der Waals surface area contributed by atoms with Crippen LogP contribution in [0.1, 0.15) is 19.3 Å². The molecule has 3 aromatic rings. The molecule has 0 aliphatic rings. The molecule has 0 saturated heterocycles.